The summed E-state index contributed by atoms with van der Waals surface area (Å²) >= 11 is 1.43. The molecule has 94 valence electrons. The van der Waals surface area contributed by atoms with E-state index >= 15 is 0 Å². The summed E-state index contributed by atoms with van der Waals surface area (Å²) in [6.07, 6.45) is 0. The average molecular weight is 256 g/mol. The van der Waals surface area contributed by atoms with Gasteiger partial charge in [0.05, 0.1) is 12.2 Å². The molecule has 5 nitrogen and oxygen atoms in total. The van der Waals surface area contributed by atoms with Gasteiger partial charge in [0.2, 0.25) is 0 Å². The van der Waals surface area contributed by atoms with Gasteiger partial charge in [-0.05, 0) is 20.8 Å². The second-order valence-electron chi connectivity index (χ2n) is 4.74. The van der Waals surface area contributed by atoms with Gasteiger partial charge in [-0.1, -0.05) is 0 Å². The van der Waals surface area contributed by atoms with Gasteiger partial charge in [-0.15, -0.1) is 11.3 Å². The van der Waals surface area contributed by atoms with Crippen molar-refractivity contribution in [1.82, 2.24) is 4.98 Å². The quantitative estimate of drug-likeness (QED) is 0.873. The van der Waals surface area contributed by atoms with Gasteiger partial charge >= 0.3 is 5.97 Å². The molecule has 1 aliphatic rings. The molecule has 0 amide bonds. The lowest BCUT2D eigenvalue weighted by molar-refractivity contribution is -0.0277. The number of morpholine rings is 1. The average Bonchev–Trinajstić information content (AvgIpc) is 2.59. The maximum atomic E-state index is 10.9. The van der Waals surface area contributed by atoms with E-state index in [0.29, 0.717) is 6.61 Å². The Labute approximate surface area is 104 Å². The summed E-state index contributed by atoms with van der Waals surface area (Å²) in [5, 5.41) is 9.76. The van der Waals surface area contributed by atoms with Gasteiger partial charge in [0.1, 0.15) is 0 Å². The van der Waals surface area contributed by atoms with Gasteiger partial charge < -0.3 is 14.7 Å². The normalized spacial score (nSPS) is 19.4. The molecule has 1 aromatic heterocycles. The van der Waals surface area contributed by atoms with Crippen molar-refractivity contribution in [3.8, 4) is 0 Å². The first kappa shape index (κ1) is 12.3. The SMILES string of the molecule is Cc1sc(N2CCOC(C)(C)C2)nc1C(=O)O. The van der Waals surface area contributed by atoms with Crippen molar-refractivity contribution in [2.24, 2.45) is 0 Å². The lowest BCUT2D eigenvalue weighted by atomic mass is 10.1. The maximum Gasteiger partial charge on any atom is 0.355 e. The van der Waals surface area contributed by atoms with Gasteiger partial charge in [0, 0.05) is 18.0 Å². The number of aryl methyl sites for hydroxylation is 1. The van der Waals surface area contributed by atoms with Crippen molar-refractivity contribution in [1.29, 1.82) is 0 Å². The Kier molecular flexibility index (Phi) is 3.09. The highest BCUT2D eigenvalue weighted by Crippen LogP contribution is 2.29. The molecule has 17 heavy (non-hydrogen) atoms. The number of anilines is 1. The number of carbonyl (C=O) groups is 1. The van der Waals surface area contributed by atoms with Crippen LogP contribution in [0.5, 0.6) is 0 Å². The molecular formula is C11H16N2O3S. The molecular weight excluding hydrogens is 240 g/mol. The largest absolute Gasteiger partial charge is 0.476 e. The van der Waals surface area contributed by atoms with Crippen molar-refractivity contribution in [3.05, 3.63) is 10.6 Å². The molecule has 6 heteroatoms. The fourth-order valence-corrected chi connectivity index (χ4v) is 2.82. The molecule has 0 bridgehead atoms. The van der Waals surface area contributed by atoms with E-state index < -0.39 is 5.97 Å². The molecule has 0 radical (unpaired) electrons. The Morgan fingerprint density at radius 3 is 2.82 bits per heavy atom. The Morgan fingerprint density at radius 2 is 2.29 bits per heavy atom. The fraction of sp³-hybridized carbons (Fsp3) is 0.636. The first-order chi connectivity index (χ1) is 7.89. The summed E-state index contributed by atoms with van der Waals surface area (Å²) in [6, 6.07) is 0. The zero-order valence-electron chi connectivity index (χ0n) is 10.2. The van der Waals surface area contributed by atoms with Gasteiger partial charge in [0.25, 0.3) is 0 Å². The van der Waals surface area contributed by atoms with Crippen LogP contribution < -0.4 is 4.90 Å². The van der Waals surface area contributed by atoms with Crippen molar-refractivity contribution < 1.29 is 14.6 Å². The number of ether oxygens (including phenoxy) is 1. The molecule has 2 heterocycles. The molecule has 0 unspecified atom stereocenters. The molecule has 1 aliphatic heterocycles. The van der Waals surface area contributed by atoms with Gasteiger partial charge in [-0.3, -0.25) is 0 Å². The van der Waals surface area contributed by atoms with Crippen LogP contribution in [0.15, 0.2) is 0 Å². The highest BCUT2D eigenvalue weighted by atomic mass is 32.1. The molecule has 0 aliphatic carbocycles. The molecule has 1 saturated heterocycles. The van der Waals surface area contributed by atoms with Crippen LogP contribution in [0.4, 0.5) is 5.13 Å². The molecule has 1 aromatic rings. The summed E-state index contributed by atoms with van der Waals surface area (Å²) in [6.45, 7) is 7.98. The number of aromatic carboxylic acids is 1. The van der Waals surface area contributed by atoms with Crippen LogP contribution in [0.25, 0.3) is 0 Å². The first-order valence-corrected chi connectivity index (χ1v) is 6.30. The Balaban J connectivity index is 2.22. The number of hydrogen-bond donors (Lipinski definition) is 1. The fourth-order valence-electron chi connectivity index (χ4n) is 1.90. The number of nitrogens with zero attached hydrogens (tertiary/aromatic N) is 2. The molecule has 1 N–H and O–H groups in total. The third-order valence-electron chi connectivity index (χ3n) is 2.68. The van der Waals surface area contributed by atoms with Crippen LogP contribution in [-0.2, 0) is 4.74 Å². The monoisotopic (exact) mass is 256 g/mol. The first-order valence-electron chi connectivity index (χ1n) is 5.49. The lowest BCUT2D eigenvalue weighted by Gasteiger charge is -2.37. The van der Waals surface area contributed by atoms with Gasteiger partial charge in [-0.25, -0.2) is 9.78 Å². The second-order valence-corrected chi connectivity index (χ2v) is 5.92. The maximum absolute atomic E-state index is 10.9. The van der Waals surface area contributed by atoms with E-state index in [2.05, 4.69) is 9.88 Å². The zero-order valence-corrected chi connectivity index (χ0v) is 11.0. The van der Waals surface area contributed by atoms with Gasteiger partial charge in [0.15, 0.2) is 10.8 Å². The van der Waals surface area contributed by atoms with E-state index in [9.17, 15) is 4.79 Å². The van der Waals surface area contributed by atoms with E-state index in [1.54, 1.807) is 6.92 Å². The number of carboxylic acid groups (broad SMARTS) is 1. The molecule has 0 saturated carbocycles. The third-order valence-corrected chi connectivity index (χ3v) is 3.72. The zero-order chi connectivity index (χ0) is 12.6. The van der Waals surface area contributed by atoms with Crippen molar-refractivity contribution in [2.75, 3.05) is 24.6 Å². The van der Waals surface area contributed by atoms with Crippen LogP contribution in [0.2, 0.25) is 0 Å². The van der Waals surface area contributed by atoms with E-state index in [1.807, 2.05) is 13.8 Å². The van der Waals surface area contributed by atoms with E-state index in [1.165, 1.54) is 11.3 Å². The minimum atomic E-state index is -0.961. The van der Waals surface area contributed by atoms with Crippen molar-refractivity contribution >= 4 is 22.4 Å². The second kappa shape index (κ2) is 4.27. The van der Waals surface area contributed by atoms with E-state index in [4.69, 9.17) is 9.84 Å². The minimum Gasteiger partial charge on any atom is -0.476 e. The van der Waals surface area contributed by atoms with Crippen molar-refractivity contribution in [3.63, 3.8) is 0 Å². The summed E-state index contributed by atoms with van der Waals surface area (Å²) in [5.41, 5.74) is -0.0457. The Hall–Kier alpha value is -1.14. The third kappa shape index (κ3) is 2.58. The standard InChI is InChI=1S/C11H16N2O3S/c1-7-8(9(14)15)12-10(17-7)13-4-5-16-11(2,3)6-13/h4-6H2,1-3H3,(H,14,15). The smallest absolute Gasteiger partial charge is 0.355 e. The molecule has 2 rings (SSSR count). The number of carboxylic acids is 1. The molecule has 0 atom stereocenters. The minimum absolute atomic E-state index is 0.161. The predicted octanol–water partition coefficient (Wildman–Crippen LogP) is 1.76. The summed E-state index contributed by atoms with van der Waals surface area (Å²) in [7, 11) is 0. The topological polar surface area (TPSA) is 62.7 Å². The summed E-state index contributed by atoms with van der Waals surface area (Å²) < 4.78 is 5.62. The van der Waals surface area contributed by atoms with Crippen LogP contribution >= 0.6 is 11.3 Å². The number of aromatic nitrogens is 1. The van der Waals surface area contributed by atoms with Crippen LogP contribution in [0, 0.1) is 6.92 Å². The van der Waals surface area contributed by atoms with Gasteiger partial charge in [-0.2, -0.15) is 0 Å². The highest BCUT2D eigenvalue weighted by molar-refractivity contribution is 7.15. The number of rotatable bonds is 2. The summed E-state index contributed by atoms with van der Waals surface area (Å²) in [4.78, 5) is 18.0. The van der Waals surface area contributed by atoms with E-state index in [-0.39, 0.29) is 11.3 Å². The molecule has 0 spiro atoms. The lowest BCUT2D eigenvalue weighted by Crippen LogP contribution is -2.48. The van der Waals surface area contributed by atoms with Crippen LogP contribution in [0.1, 0.15) is 29.2 Å². The Bertz CT molecular complexity index is 442. The molecule has 0 aromatic carbocycles. The van der Waals surface area contributed by atoms with E-state index in [0.717, 1.165) is 23.1 Å². The molecule has 1 fully saturated rings. The van der Waals surface area contributed by atoms with Crippen LogP contribution in [-0.4, -0.2) is 41.4 Å². The Morgan fingerprint density at radius 1 is 1.59 bits per heavy atom. The highest BCUT2D eigenvalue weighted by Gasteiger charge is 2.29. The summed E-state index contributed by atoms with van der Waals surface area (Å²) in [5.74, 6) is -0.961. The van der Waals surface area contributed by atoms with Crippen LogP contribution in [0.3, 0.4) is 0 Å². The number of hydrogen-bond acceptors (Lipinski definition) is 5. The predicted molar refractivity (Wildman–Crippen MR) is 66.1 cm³/mol. The number of thiazole rings is 1. The van der Waals surface area contributed by atoms with Crippen molar-refractivity contribution in [2.45, 2.75) is 26.4 Å².